The third kappa shape index (κ3) is 1.74. The van der Waals surface area contributed by atoms with Crippen molar-refractivity contribution in [3.63, 3.8) is 0 Å². The third-order valence-electron chi connectivity index (χ3n) is 3.29. The molecule has 2 rings (SSSR count). The highest BCUT2D eigenvalue weighted by molar-refractivity contribution is 5.20. The van der Waals surface area contributed by atoms with Gasteiger partial charge in [0, 0.05) is 18.6 Å². The summed E-state index contributed by atoms with van der Waals surface area (Å²) in [7, 11) is 0. The van der Waals surface area contributed by atoms with E-state index in [2.05, 4.69) is 6.07 Å². The van der Waals surface area contributed by atoms with Gasteiger partial charge < -0.3 is 5.21 Å². The van der Waals surface area contributed by atoms with Gasteiger partial charge in [-0.1, -0.05) is 19.3 Å². The van der Waals surface area contributed by atoms with Crippen LogP contribution in [0.5, 0.6) is 0 Å². The van der Waals surface area contributed by atoms with E-state index in [1.807, 2.05) is 13.0 Å². The van der Waals surface area contributed by atoms with Crippen molar-refractivity contribution in [1.82, 2.24) is 0 Å². The van der Waals surface area contributed by atoms with Gasteiger partial charge in [-0.25, -0.2) is 0 Å². The second kappa shape index (κ2) is 3.99. The minimum atomic E-state index is 0.630. The van der Waals surface area contributed by atoms with E-state index in [0.717, 1.165) is 10.4 Å². The lowest BCUT2D eigenvalue weighted by Gasteiger charge is -2.22. The van der Waals surface area contributed by atoms with Crippen molar-refractivity contribution in [2.24, 2.45) is 0 Å². The molecule has 76 valence electrons. The molecular formula is C12H17NO. The third-order valence-corrected chi connectivity index (χ3v) is 3.29. The highest BCUT2D eigenvalue weighted by atomic mass is 16.5. The summed E-state index contributed by atoms with van der Waals surface area (Å²) in [5.74, 6) is 0.630. The molecular weight excluding hydrogens is 174 g/mol. The van der Waals surface area contributed by atoms with Crippen molar-refractivity contribution in [1.29, 1.82) is 0 Å². The number of aromatic nitrogens is 1. The molecule has 1 heterocycles. The minimum absolute atomic E-state index is 0.630. The van der Waals surface area contributed by atoms with E-state index >= 15 is 0 Å². The van der Waals surface area contributed by atoms with Crippen LogP contribution in [0.2, 0.25) is 0 Å². The molecule has 1 aromatic rings. The van der Waals surface area contributed by atoms with Crippen LogP contribution in [0.15, 0.2) is 18.3 Å². The van der Waals surface area contributed by atoms with Gasteiger partial charge in [0.05, 0.1) is 0 Å². The van der Waals surface area contributed by atoms with Gasteiger partial charge in [-0.3, -0.25) is 0 Å². The van der Waals surface area contributed by atoms with Crippen molar-refractivity contribution < 1.29 is 4.73 Å². The van der Waals surface area contributed by atoms with E-state index in [1.54, 1.807) is 6.20 Å². The Morgan fingerprint density at radius 1 is 1.29 bits per heavy atom. The maximum Gasteiger partial charge on any atom is 0.193 e. The van der Waals surface area contributed by atoms with Crippen molar-refractivity contribution in [2.75, 3.05) is 0 Å². The standard InChI is InChI=1S/C12H17NO/c1-10-12(8-5-9-13(10)14)11-6-3-2-4-7-11/h5,8-9,11H,2-4,6-7H2,1H3. The highest BCUT2D eigenvalue weighted by Crippen LogP contribution is 2.33. The predicted octanol–water partition coefficient (Wildman–Crippen LogP) is 2.68. The van der Waals surface area contributed by atoms with E-state index < -0.39 is 0 Å². The molecule has 1 aromatic heterocycles. The molecule has 0 aromatic carbocycles. The fourth-order valence-corrected chi connectivity index (χ4v) is 2.43. The molecule has 0 atom stereocenters. The Hall–Kier alpha value is -1.05. The van der Waals surface area contributed by atoms with Crippen LogP contribution in [0.3, 0.4) is 0 Å². The van der Waals surface area contributed by atoms with Gasteiger partial charge in [0.2, 0.25) is 0 Å². The maximum atomic E-state index is 11.4. The van der Waals surface area contributed by atoms with Crippen LogP contribution in [-0.4, -0.2) is 0 Å². The number of rotatable bonds is 1. The van der Waals surface area contributed by atoms with Gasteiger partial charge >= 0.3 is 0 Å². The Balaban J connectivity index is 2.26. The molecule has 1 aliphatic carbocycles. The average Bonchev–Trinajstić information content (AvgIpc) is 2.23. The van der Waals surface area contributed by atoms with Gasteiger partial charge in [-0.2, -0.15) is 4.73 Å². The summed E-state index contributed by atoms with van der Waals surface area (Å²) in [5, 5.41) is 11.4. The SMILES string of the molecule is Cc1c(C2CCCCC2)ccc[n+]1[O-]. The second-order valence-corrected chi connectivity index (χ2v) is 4.21. The molecule has 2 nitrogen and oxygen atoms in total. The largest absolute Gasteiger partial charge is 0.619 e. The number of pyridine rings is 1. The van der Waals surface area contributed by atoms with E-state index in [1.165, 1.54) is 37.7 Å². The zero-order valence-corrected chi connectivity index (χ0v) is 8.70. The van der Waals surface area contributed by atoms with Crippen LogP contribution in [0, 0.1) is 12.1 Å². The topological polar surface area (TPSA) is 26.9 Å². The molecule has 0 aliphatic heterocycles. The summed E-state index contributed by atoms with van der Waals surface area (Å²) in [6.45, 7) is 1.93. The van der Waals surface area contributed by atoms with Crippen molar-refractivity contribution in [3.8, 4) is 0 Å². The summed E-state index contributed by atoms with van der Waals surface area (Å²) in [6, 6.07) is 3.98. The Morgan fingerprint density at radius 3 is 2.71 bits per heavy atom. The Bertz CT molecular complexity index is 316. The number of hydrogen-bond acceptors (Lipinski definition) is 1. The molecule has 2 heteroatoms. The lowest BCUT2D eigenvalue weighted by Crippen LogP contribution is -2.31. The summed E-state index contributed by atoms with van der Waals surface area (Å²) in [5.41, 5.74) is 2.15. The molecule has 0 N–H and O–H groups in total. The Kier molecular flexibility index (Phi) is 2.71. The van der Waals surface area contributed by atoms with Crippen LogP contribution >= 0.6 is 0 Å². The molecule has 0 amide bonds. The molecule has 0 radical (unpaired) electrons. The molecule has 0 unspecified atom stereocenters. The summed E-state index contributed by atoms with van der Waals surface area (Å²) in [4.78, 5) is 0. The van der Waals surface area contributed by atoms with Gasteiger partial charge in [0.1, 0.15) is 0 Å². The van der Waals surface area contributed by atoms with E-state index in [-0.39, 0.29) is 0 Å². The van der Waals surface area contributed by atoms with E-state index in [0.29, 0.717) is 5.92 Å². The minimum Gasteiger partial charge on any atom is -0.619 e. The Morgan fingerprint density at radius 2 is 2.00 bits per heavy atom. The first-order chi connectivity index (χ1) is 6.79. The smallest absolute Gasteiger partial charge is 0.193 e. The van der Waals surface area contributed by atoms with Crippen molar-refractivity contribution in [2.45, 2.75) is 44.9 Å². The fraction of sp³-hybridized carbons (Fsp3) is 0.583. The Labute approximate surface area is 85.2 Å². The van der Waals surface area contributed by atoms with E-state index in [9.17, 15) is 5.21 Å². The van der Waals surface area contributed by atoms with Gasteiger partial charge in [-0.05, 0) is 24.8 Å². The molecule has 0 spiro atoms. The average molecular weight is 191 g/mol. The van der Waals surface area contributed by atoms with Gasteiger partial charge in [0.15, 0.2) is 11.9 Å². The van der Waals surface area contributed by atoms with Crippen LogP contribution < -0.4 is 4.73 Å². The summed E-state index contributed by atoms with van der Waals surface area (Å²) < 4.78 is 0.990. The number of nitrogens with zero attached hydrogens (tertiary/aromatic N) is 1. The first-order valence-electron chi connectivity index (χ1n) is 5.47. The molecule has 0 bridgehead atoms. The first-order valence-corrected chi connectivity index (χ1v) is 5.47. The first kappa shape index (κ1) is 9.50. The molecule has 1 aliphatic rings. The monoisotopic (exact) mass is 191 g/mol. The van der Waals surface area contributed by atoms with Crippen LogP contribution in [-0.2, 0) is 0 Å². The van der Waals surface area contributed by atoms with E-state index in [4.69, 9.17) is 0 Å². The molecule has 14 heavy (non-hydrogen) atoms. The fourth-order valence-electron chi connectivity index (χ4n) is 2.43. The second-order valence-electron chi connectivity index (χ2n) is 4.21. The van der Waals surface area contributed by atoms with Gasteiger partial charge in [-0.15, -0.1) is 0 Å². The zero-order valence-electron chi connectivity index (χ0n) is 8.70. The quantitative estimate of drug-likeness (QED) is 0.495. The van der Waals surface area contributed by atoms with Crippen LogP contribution in [0.4, 0.5) is 0 Å². The molecule has 0 saturated heterocycles. The summed E-state index contributed by atoms with van der Waals surface area (Å²) in [6.07, 6.45) is 8.09. The maximum absolute atomic E-state index is 11.4. The normalized spacial score (nSPS) is 18.4. The zero-order chi connectivity index (χ0) is 9.97. The lowest BCUT2D eigenvalue weighted by molar-refractivity contribution is -0.612. The molecule has 1 saturated carbocycles. The van der Waals surface area contributed by atoms with Crippen LogP contribution in [0.25, 0.3) is 0 Å². The van der Waals surface area contributed by atoms with Gasteiger partial charge in [0.25, 0.3) is 0 Å². The highest BCUT2D eigenvalue weighted by Gasteiger charge is 2.20. The lowest BCUT2D eigenvalue weighted by atomic mass is 9.83. The predicted molar refractivity (Wildman–Crippen MR) is 56.0 cm³/mol. The van der Waals surface area contributed by atoms with Crippen molar-refractivity contribution >= 4 is 0 Å². The van der Waals surface area contributed by atoms with Crippen molar-refractivity contribution in [3.05, 3.63) is 34.8 Å². The number of hydrogen-bond donors (Lipinski definition) is 0. The summed E-state index contributed by atoms with van der Waals surface area (Å²) >= 11 is 0. The van der Waals surface area contributed by atoms with Crippen LogP contribution in [0.1, 0.15) is 49.3 Å². The molecule has 1 fully saturated rings.